The summed E-state index contributed by atoms with van der Waals surface area (Å²) in [5.74, 6) is 2.57. The van der Waals surface area contributed by atoms with Crippen molar-refractivity contribution < 1.29 is 9.84 Å². The molecule has 2 rings (SSSR count). The number of aliphatic hydroxyl groups excluding tert-OH is 1. The van der Waals surface area contributed by atoms with Crippen LogP contribution in [0.15, 0.2) is 18.2 Å². The quantitative estimate of drug-likeness (QED) is 0.809. The van der Waals surface area contributed by atoms with Crippen molar-refractivity contribution in [3.8, 4) is 5.75 Å². The lowest BCUT2D eigenvalue weighted by Gasteiger charge is -2.33. The van der Waals surface area contributed by atoms with Gasteiger partial charge in [-0.1, -0.05) is 19.1 Å². The molecule has 0 aliphatic heterocycles. The summed E-state index contributed by atoms with van der Waals surface area (Å²) in [7, 11) is 0. The summed E-state index contributed by atoms with van der Waals surface area (Å²) in [6.07, 6.45) is 5.66. The summed E-state index contributed by atoms with van der Waals surface area (Å²) in [5, 5.41) is 9.29. The van der Waals surface area contributed by atoms with Gasteiger partial charge in [0.15, 0.2) is 0 Å². The molecule has 1 atom stereocenters. The van der Waals surface area contributed by atoms with Gasteiger partial charge in [-0.2, -0.15) is 0 Å². The second-order valence-electron chi connectivity index (χ2n) is 6.68. The Labute approximate surface area is 134 Å². The van der Waals surface area contributed by atoms with Gasteiger partial charge in [0.25, 0.3) is 0 Å². The second kappa shape index (κ2) is 8.54. The van der Waals surface area contributed by atoms with Crippen LogP contribution in [0.3, 0.4) is 0 Å². The summed E-state index contributed by atoms with van der Waals surface area (Å²) < 4.78 is 5.77. The molecule has 1 aliphatic rings. The molecule has 3 N–H and O–H groups in total. The van der Waals surface area contributed by atoms with Gasteiger partial charge in [-0.05, 0) is 80.5 Å². The van der Waals surface area contributed by atoms with E-state index in [9.17, 15) is 5.11 Å². The topological polar surface area (TPSA) is 55.5 Å². The highest BCUT2D eigenvalue weighted by molar-refractivity contribution is 5.38. The predicted molar refractivity (Wildman–Crippen MR) is 91.3 cm³/mol. The standard InChI is InChI=1S/C19H31NO2/c1-3-10-22-19-9-8-17(11-14(19)2)18(12-20)16-6-4-15(13-21)5-7-16/h8-9,11,15-16,18,21H,3-7,10,12-13,20H2,1-2H3. The average Bonchev–Trinajstić information content (AvgIpc) is 2.55. The zero-order valence-corrected chi connectivity index (χ0v) is 14.1. The molecule has 1 aromatic rings. The second-order valence-corrected chi connectivity index (χ2v) is 6.68. The van der Waals surface area contributed by atoms with Crippen LogP contribution in [0.5, 0.6) is 5.75 Å². The molecule has 0 aromatic heterocycles. The monoisotopic (exact) mass is 305 g/mol. The van der Waals surface area contributed by atoms with Gasteiger partial charge in [0.2, 0.25) is 0 Å². The minimum absolute atomic E-state index is 0.336. The lowest BCUT2D eigenvalue weighted by Crippen LogP contribution is -2.27. The maximum absolute atomic E-state index is 9.29. The number of rotatable bonds is 7. The van der Waals surface area contributed by atoms with Crippen LogP contribution in [-0.4, -0.2) is 24.9 Å². The fourth-order valence-electron chi connectivity index (χ4n) is 3.65. The molecule has 3 nitrogen and oxygen atoms in total. The molecule has 22 heavy (non-hydrogen) atoms. The summed E-state index contributed by atoms with van der Waals surface area (Å²) in [5.41, 5.74) is 8.64. The van der Waals surface area contributed by atoms with Crippen molar-refractivity contribution in [2.24, 2.45) is 17.6 Å². The molecule has 0 amide bonds. The van der Waals surface area contributed by atoms with Crippen LogP contribution < -0.4 is 10.5 Å². The van der Waals surface area contributed by atoms with E-state index in [0.717, 1.165) is 31.6 Å². The molecule has 0 saturated heterocycles. The predicted octanol–water partition coefficient (Wildman–Crippen LogP) is 3.62. The van der Waals surface area contributed by atoms with E-state index in [1.54, 1.807) is 0 Å². The maximum Gasteiger partial charge on any atom is 0.122 e. The highest BCUT2D eigenvalue weighted by atomic mass is 16.5. The maximum atomic E-state index is 9.29. The first kappa shape index (κ1) is 17.3. The molecule has 3 heteroatoms. The van der Waals surface area contributed by atoms with Crippen molar-refractivity contribution in [1.82, 2.24) is 0 Å². The molecule has 1 saturated carbocycles. The van der Waals surface area contributed by atoms with Crippen molar-refractivity contribution in [3.05, 3.63) is 29.3 Å². The molecule has 0 heterocycles. The number of ether oxygens (including phenoxy) is 1. The summed E-state index contributed by atoms with van der Waals surface area (Å²) in [6, 6.07) is 6.54. The fourth-order valence-corrected chi connectivity index (χ4v) is 3.65. The van der Waals surface area contributed by atoms with Gasteiger partial charge in [-0.3, -0.25) is 0 Å². The first-order valence-electron chi connectivity index (χ1n) is 8.73. The van der Waals surface area contributed by atoms with E-state index in [2.05, 4.69) is 32.0 Å². The van der Waals surface area contributed by atoms with Gasteiger partial charge in [0, 0.05) is 6.61 Å². The van der Waals surface area contributed by atoms with Crippen molar-refractivity contribution >= 4 is 0 Å². The molecular weight excluding hydrogens is 274 g/mol. The Morgan fingerprint density at radius 2 is 2.00 bits per heavy atom. The molecular formula is C19H31NO2. The van der Waals surface area contributed by atoms with E-state index in [4.69, 9.17) is 10.5 Å². The fraction of sp³-hybridized carbons (Fsp3) is 0.684. The van der Waals surface area contributed by atoms with E-state index in [-0.39, 0.29) is 0 Å². The van der Waals surface area contributed by atoms with E-state index < -0.39 is 0 Å². The summed E-state index contributed by atoms with van der Waals surface area (Å²) in [6.45, 7) is 6.04. The van der Waals surface area contributed by atoms with Gasteiger partial charge in [-0.25, -0.2) is 0 Å². The molecule has 0 spiro atoms. The normalized spacial score (nSPS) is 23.3. The lowest BCUT2D eigenvalue weighted by atomic mass is 9.73. The number of aryl methyl sites for hydroxylation is 1. The Morgan fingerprint density at radius 3 is 2.55 bits per heavy atom. The van der Waals surface area contributed by atoms with Gasteiger partial charge in [-0.15, -0.1) is 0 Å². The van der Waals surface area contributed by atoms with Crippen molar-refractivity contribution in [1.29, 1.82) is 0 Å². The smallest absolute Gasteiger partial charge is 0.122 e. The van der Waals surface area contributed by atoms with Crippen molar-refractivity contribution in [2.45, 2.75) is 51.9 Å². The number of aliphatic hydroxyl groups is 1. The first-order valence-corrected chi connectivity index (χ1v) is 8.73. The Hall–Kier alpha value is -1.06. The molecule has 1 unspecified atom stereocenters. The van der Waals surface area contributed by atoms with Gasteiger partial charge in [0.05, 0.1) is 6.61 Å². The van der Waals surface area contributed by atoms with Crippen LogP contribution in [0.2, 0.25) is 0 Å². The number of hydrogen-bond donors (Lipinski definition) is 2. The van der Waals surface area contributed by atoms with E-state index in [1.165, 1.54) is 24.0 Å². The van der Waals surface area contributed by atoms with Crippen LogP contribution in [0.1, 0.15) is 56.1 Å². The van der Waals surface area contributed by atoms with E-state index in [0.29, 0.717) is 30.9 Å². The van der Waals surface area contributed by atoms with E-state index >= 15 is 0 Å². The summed E-state index contributed by atoms with van der Waals surface area (Å²) in [4.78, 5) is 0. The molecule has 0 bridgehead atoms. The lowest BCUT2D eigenvalue weighted by molar-refractivity contribution is 0.158. The van der Waals surface area contributed by atoms with Crippen LogP contribution in [0.4, 0.5) is 0 Å². The van der Waals surface area contributed by atoms with Crippen LogP contribution >= 0.6 is 0 Å². The molecule has 0 radical (unpaired) electrons. The third-order valence-corrected chi connectivity index (χ3v) is 5.06. The first-order chi connectivity index (χ1) is 10.7. The molecule has 1 aromatic carbocycles. The van der Waals surface area contributed by atoms with E-state index in [1.807, 2.05) is 0 Å². The molecule has 124 valence electrons. The Kier molecular flexibility index (Phi) is 6.71. The number of nitrogens with two attached hydrogens (primary N) is 1. The zero-order chi connectivity index (χ0) is 15.9. The van der Waals surface area contributed by atoms with Crippen LogP contribution in [-0.2, 0) is 0 Å². The average molecular weight is 305 g/mol. The van der Waals surface area contributed by atoms with Crippen LogP contribution in [0, 0.1) is 18.8 Å². The minimum Gasteiger partial charge on any atom is -0.493 e. The SMILES string of the molecule is CCCOc1ccc(C(CN)C2CCC(CO)CC2)cc1C. The Balaban J connectivity index is 2.06. The Morgan fingerprint density at radius 1 is 1.27 bits per heavy atom. The summed E-state index contributed by atoms with van der Waals surface area (Å²) >= 11 is 0. The van der Waals surface area contributed by atoms with Crippen LogP contribution in [0.25, 0.3) is 0 Å². The Bertz CT molecular complexity index is 453. The highest BCUT2D eigenvalue weighted by Crippen LogP contribution is 2.38. The molecule has 1 aliphatic carbocycles. The third kappa shape index (κ3) is 4.23. The highest BCUT2D eigenvalue weighted by Gasteiger charge is 2.27. The third-order valence-electron chi connectivity index (χ3n) is 5.06. The van der Waals surface area contributed by atoms with Crippen molar-refractivity contribution in [3.63, 3.8) is 0 Å². The van der Waals surface area contributed by atoms with Gasteiger partial charge >= 0.3 is 0 Å². The minimum atomic E-state index is 0.336. The van der Waals surface area contributed by atoms with Gasteiger partial charge in [0.1, 0.15) is 5.75 Å². The zero-order valence-electron chi connectivity index (χ0n) is 14.1. The number of hydrogen-bond acceptors (Lipinski definition) is 3. The van der Waals surface area contributed by atoms with Crippen molar-refractivity contribution in [2.75, 3.05) is 19.8 Å². The van der Waals surface area contributed by atoms with Gasteiger partial charge < -0.3 is 15.6 Å². The molecule has 1 fully saturated rings. The largest absolute Gasteiger partial charge is 0.493 e. The number of benzene rings is 1.